The fraction of sp³-hybridized carbons (Fsp3) is 0.381. The van der Waals surface area contributed by atoms with Gasteiger partial charge >= 0.3 is 6.36 Å². The Labute approximate surface area is 367 Å². The minimum Gasteiger partial charge on any atom is -0.455 e. The Kier molecular flexibility index (Phi) is 19.1. The molecule has 338 valence electrons. The maximum absolute atomic E-state index is 13.0. The standard InChI is InChI=1S/C41H46N6O8S2.CHF3O2/c1-30-4-3-5-31(22-30)32-6-8-40(55-39-9-7-37(24-34(39)26-42)57(48,49)46-41-44-29-45-56-41)38(25-32)33-10-12-43-35(23-33)27-47-13-11-36(28-47)54-21-20-53-19-18-52-17-16-51-15-14-50-2;2-1(3,4)6-5/h3-10,12,22-25,29,36H,11,13-21,27-28H2,1-2H3,(H,44,45,46);5H/t36-;/m1./s1. The Morgan fingerprint density at radius 2 is 1.59 bits per heavy atom. The third kappa shape index (κ3) is 16.2. The van der Waals surface area contributed by atoms with E-state index in [2.05, 4.69) is 62.3 Å². The number of ether oxygens (including phenoxy) is 6. The summed E-state index contributed by atoms with van der Waals surface area (Å²) in [5, 5.41) is 17.0. The lowest BCUT2D eigenvalue weighted by Gasteiger charge is -2.18. The van der Waals surface area contributed by atoms with E-state index in [1.54, 1.807) is 13.3 Å². The molecule has 0 spiro atoms. The molecule has 21 heteroatoms. The summed E-state index contributed by atoms with van der Waals surface area (Å²) >= 11 is 0.911. The van der Waals surface area contributed by atoms with Gasteiger partial charge in [-0.3, -0.25) is 14.6 Å². The molecular formula is C42H47F3N6O10S2. The number of rotatable bonds is 22. The summed E-state index contributed by atoms with van der Waals surface area (Å²) in [4.78, 5) is 12.8. The number of nitriles is 1. The van der Waals surface area contributed by atoms with Crippen molar-refractivity contribution in [2.45, 2.75) is 37.3 Å². The molecule has 0 unspecified atom stereocenters. The molecule has 3 aromatic carbocycles. The Bertz CT molecular complexity index is 2340. The van der Waals surface area contributed by atoms with Crippen molar-refractivity contribution in [1.82, 2.24) is 19.2 Å². The molecule has 0 saturated carbocycles. The maximum atomic E-state index is 13.0. The van der Waals surface area contributed by atoms with Crippen LogP contribution in [0.2, 0.25) is 0 Å². The Hall–Kier alpha value is -5.12. The number of anilines is 1. The lowest BCUT2D eigenvalue weighted by atomic mass is 9.97. The number of likely N-dealkylation sites (tertiary alicyclic amines) is 1. The van der Waals surface area contributed by atoms with E-state index in [0.29, 0.717) is 65.1 Å². The van der Waals surface area contributed by atoms with Crippen LogP contribution in [0.25, 0.3) is 22.3 Å². The Balaban J connectivity index is 0.00000116. The SMILES string of the molecule is COCCOCCOCCOCCO[C@@H]1CCN(Cc2cc(-c3cc(-c4cccc(C)c4)ccc3Oc3ccc(S(=O)(=O)Nc4ncns4)cc3C#N)ccn2)C1.OOC(F)(F)F. The fourth-order valence-electron chi connectivity index (χ4n) is 6.21. The van der Waals surface area contributed by atoms with Crippen molar-refractivity contribution in [3.05, 3.63) is 102 Å². The second-order valence-corrected chi connectivity index (χ2v) is 16.2. The van der Waals surface area contributed by atoms with E-state index in [-0.39, 0.29) is 27.4 Å². The normalized spacial score (nSPS) is 14.2. The van der Waals surface area contributed by atoms with Gasteiger partial charge in [-0.15, -0.1) is 18.1 Å². The van der Waals surface area contributed by atoms with E-state index in [4.69, 9.17) is 38.7 Å². The van der Waals surface area contributed by atoms with Gasteiger partial charge in [0.15, 0.2) is 0 Å². The first-order valence-corrected chi connectivity index (χ1v) is 21.8. The van der Waals surface area contributed by atoms with Crippen LogP contribution in [-0.2, 0) is 45.1 Å². The number of hydrogen-bond donors (Lipinski definition) is 2. The van der Waals surface area contributed by atoms with E-state index in [1.165, 1.54) is 24.5 Å². The van der Waals surface area contributed by atoms with Crippen LogP contribution in [0.15, 0.2) is 90.2 Å². The third-order valence-corrected chi connectivity index (χ3v) is 11.2. The van der Waals surface area contributed by atoms with Crippen LogP contribution in [0.1, 0.15) is 23.2 Å². The molecule has 2 aromatic heterocycles. The second kappa shape index (κ2) is 24.7. The van der Waals surface area contributed by atoms with Gasteiger partial charge in [-0.25, -0.2) is 18.7 Å². The molecule has 1 atom stereocenters. The summed E-state index contributed by atoms with van der Waals surface area (Å²) < 4.78 is 97.2. The van der Waals surface area contributed by atoms with Crippen molar-refractivity contribution in [2.75, 3.05) is 77.8 Å². The van der Waals surface area contributed by atoms with E-state index in [0.717, 1.165) is 64.6 Å². The molecule has 0 radical (unpaired) electrons. The molecule has 0 amide bonds. The number of methoxy groups -OCH3 is 1. The lowest BCUT2D eigenvalue weighted by Crippen LogP contribution is -2.24. The maximum Gasteiger partial charge on any atom is 0.549 e. The summed E-state index contributed by atoms with van der Waals surface area (Å²) in [5.41, 5.74) is 5.80. The van der Waals surface area contributed by atoms with E-state index >= 15 is 0 Å². The van der Waals surface area contributed by atoms with Crippen LogP contribution < -0.4 is 9.46 Å². The molecule has 1 saturated heterocycles. The molecule has 0 aliphatic carbocycles. The van der Waals surface area contributed by atoms with Crippen LogP contribution in [0.5, 0.6) is 11.5 Å². The quantitative estimate of drug-likeness (QED) is 0.0398. The molecule has 16 nitrogen and oxygen atoms in total. The van der Waals surface area contributed by atoms with Gasteiger partial charge < -0.3 is 28.4 Å². The van der Waals surface area contributed by atoms with Crippen molar-refractivity contribution >= 4 is 26.7 Å². The Morgan fingerprint density at radius 1 is 0.889 bits per heavy atom. The molecule has 1 aliphatic heterocycles. The molecule has 5 aromatic rings. The molecular weight excluding hydrogens is 870 g/mol. The highest BCUT2D eigenvalue weighted by Crippen LogP contribution is 2.39. The molecule has 1 fully saturated rings. The summed E-state index contributed by atoms with van der Waals surface area (Å²) in [6.07, 6.45) is -0.825. The largest absolute Gasteiger partial charge is 0.549 e. The van der Waals surface area contributed by atoms with Crippen molar-refractivity contribution in [3.63, 3.8) is 0 Å². The van der Waals surface area contributed by atoms with Crippen LogP contribution in [-0.4, -0.2) is 118 Å². The molecule has 3 heterocycles. The smallest absolute Gasteiger partial charge is 0.455 e. The molecule has 6 rings (SSSR count). The predicted molar refractivity (Wildman–Crippen MR) is 226 cm³/mol. The summed E-state index contributed by atoms with van der Waals surface area (Å²) in [6, 6.07) is 24.4. The highest BCUT2D eigenvalue weighted by molar-refractivity contribution is 7.93. The summed E-state index contributed by atoms with van der Waals surface area (Å²) in [6.45, 7) is 8.57. The number of aromatic nitrogens is 3. The third-order valence-electron chi connectivity index (χ3n) is 9.12. The number of nitrogens with one attached hydrogen (secondary N) is 1. The van der Waals surface area contributed by atoms with Crippen molar-refractivity contribution in [3.8, 4) is 39.8 Å². The number of nitrogens with zero attached hydrogens (tertiary/aromatic N) is 5. The molecule has 1 aliphatic rings. The van der Waals surface area contributed by atoms with Crippen molar-refractivity contribution in [1.29, 1.82) is 5.26 Å². The topological polar surface area (TPSA) is 197 Å². The van der Waals surface area contributed by atoms with Crippen molar-refractivity contribution in [2.24, 2.45) is 0 Å². The zero-order valence-electron chi connectivity index (χ0n) is 34.5. The van der Waals surface area contributed by atoms with Gasteiger partial charge in [0.05, 0.1) is 75.1 Å². The minimum absolute atomic E-state index is 0.0567. The molecule has 2 N–H and O–H groups in total. The van der Waals surface area contributed by atoms with Gasteiger partial charge in [0, 0.05) is 50.0 Å². The first-order chi connectivity index (χ1) is 30.4. The first kappa shape index (κ1) is 48.9. The van der Waals surface area contributed by atoms with Crippen LogP contribution >= 0.6 is 11.5 Å². The van der Waals surface area contributed by atoms with E-state index in [1.807, 2.05) is 29.2 Å². The zero-order chi connectivity index (χ0) is 45.1. The minimum atomic E-state index is -4.90. The number of halogens is 3. The zero-order valence-corrected chi connectivity index (χ0v) is 36.1. The first-order valence-electron chi connectivity index (χ1n) is 19.5. The van der Waals surface area contributed by atoms with Gasteiger partial charge in [0.25, 0.3) is 10.0 Å². The number of benzene rings is 3. The van der Waals surface area contributed by atoms with Gasteiger partial charge in [0.2, 0.25) is 5.13 Å². The van der Waals surface area contributed by atoms with Crippen LogP contribution in [0.3, 0.4) is 0 Å². The van der Waals surface area contributed by atoms with Crippen LogP contribution in [0, 0.1) is 18.3 Å². The number of aryl methyl sites for hydroxylation is 1. The van der Waals surface area contributed by atoms with Gasteiger partial charge in [-0.1, -0.05) is 35.9 Å². The van der Waals surface area contributed by atoms with Gasteiger partial charge in [0.1, 0.15) is 23.9 Å². The number of sulfonamides is 1. The fourth-order valence-corrected chi connectivity index (χ4v) is 7.89. The number of pyridine rings is 1. The van der Waals surface area contributed by atoms with Crippen LogP contribution in [0.4, 0.5) is 18.3 Å². The average Bonchev–Trinajstić information content (AvgIpc) is 3.96. The van der Waals surface area contributed by atoms with Gasteiger partial charge in [-0.05, 0) is 72.5 Å². The summed E-state index contributed by atoms with van der Waals surface area (Å²) in [5.74, 6) is 0.714. The summed E-state index contributed by atoms with van der Waals surface area (Å²) in [7, 11) is -2.37. The number of hydrogen-bond acceptors (Lipinski definition) is 16. The second-order valence-electron chi connectivity index (χ2n) is 13.7. The molecule has 63 heavy (non-hydrogen) atoms. The van der Waals surface area contributed by atoms with Gasteiger partial charge in [-0.2, -0.15) is 9.64 Å². The van der Waals surface area contributed by atoms with Crippen molar-refractivity contribution < 1.29 is 60.2 Å². The highest BCUT2D eigenvalue weighted by Gasteiger charge is 2.29. The predicted octanol–water partition coefficient (Wildman–Crippen LogP) is 7.32. The van der Waals surface area contributed by atoms with E-state index in [9.17, 15) is 26.9 Å². The monoisotopic (exact) mass is 916 g/mol. The Morgan fingerprint density at radius 3 is 2.25 bits per heavy atom. The molecule has 0 bridgehead atoms. The average molecular weight is 917 g/mol. The lowest BCUT2D eigenvalue weighted by molar-refractivity contribution is -0.464. The van der Waals surface area contributed by atoms with E-state index < -0.39 is 16.4 Å². The highest BCUT2D eigenvalue weighted by atomic mass is 32.2. The number of alkyl halides is 3.